The standard InChI is InChI=1S/C23H31N3O3/c1-6-16(2)20-9-7-8-10-21(20)25-23(28)17(3)26(4)15-22(27)24-18-11-13-19(29-5)14-12-18/h7-14,16-17H,6,15H2,1-5H3,(H,24,27)(H,25,28)/t16-,17+/m1/s1. The van der Waals surface area contributed by atoms with Crippen LogP contribution in [0.1, 0.15) is 38.7 Å². The molecular weight excluding hydrogens is 366 g/mol. The zero-order valence-electron chi connectivity index (χ0n) is 17.9. The van der Waals surface area contributed by atoms with Gasteiger partial charge in [0.25, 0.3) is 0 Å². The molecule has 0 saturated heterocycles. The van der Waals surface area contributed by atoms with Gasteiger partial charge in [0.05, 0.1) is 19.7 Å². The fourth-order valence-corrected chi connectivity index (χ4v) is 2.94. The number of benzene rings is 2. The van der Waals surface area contributed by atoms with Gasteiger partial charge in [-0.15, -0.1) is 0 Å². The first-order chi connectivity index (χ1) is 13.8. The summed E-state index contributed by atoms with van der Waals surface area (Å²) in [5, 5.41) is 5.85. The summed E-state index contributed by atoms with van der Waals surface area (Å²) < 4.78 is 5.11. The second kappa shape index (κ2) is 10.6. The first-order valence-corrected chi connectivity index (χ1v) is 9.89. The normalized spacial score (nSPS) is 12.9. The molecule has 0 aliphatic rings. The van der Waals surface area contributed by atoms with E-state index in [-0.39, 0.29) is 18.4 Å². The van der Waals surface area contributed by atoms with Gasteiger partial charge < -0.3 is 15.4 Å². The Balaban J connectivity index is 1.94. The number of methoxy groups -OCH3 is 1. The molecule has 0 fully saturated rings. The molecule has 6 nitrogen and oxygen atoms in total. The highest BCUT2D eigenvalue weighted by atomic mass is 16.5. The number of hydrogen-bond donors (Lipinski definition) is 2. The third-order valence-electron chi connectivity index (χ3n) is 5.17. The number of para-hydroxylation sites is 1. The number of carbonyl (C=O) groups excluding carboxylic acids is 2. The summed E-state index contributed by atoms with van der Waals surface area (Å²) in [6.07, 6.45) is 0.994. The number of likely N-dealkylation sites (N-methyl/N-ethyl adjacent to an activating group) is 1. The van der Waals surface area contributed by atoms with Gasteiger partial charge in [0, 0.05) is 11.4 Å². The van der Waals surface area contributed by atoms with Crippen LogP contribution in [0.4, 0.5) is 11.4 Å². The minimum absolute atomic E-state index is 0.105. The molecule has 2 rings (SSSR count). The average Bonchev–Trinajstić information content (AvgIpc) is 2.73. The summed E-state index contributed by atoms with van der Waals surface area (Å²) in [6.45, 7) is 6.17. The van der Waals surface area contributed by atoms with E-state index in [4.69, 9.17) is 4.74 Å². The maximum Gasteiger partial charge on any atom is 0.241 e. The highest BCUT2D eigenvalue weighted by Crippen LogP contribution is 2.26. The molecule has 0 spiro atoms. The maximum absolute atomic E-state index is 12.7. The molecule has 156 valence electrons. The summed E-state index contributed by atoms with van der Waals surface area (Å²) in [7, 11) is 3.36. The number of nitrogens with zero attached hydrogens (tertiary/aromatic N) is 1. The van der Waals surface area contributed by atoms with Crippen molar-refractivity contribution in [3.8, 4) is 5.75 Å². The number of ether oxygens (including phenoxy) is 1. The van der Waals surface area contributed by atoms with Gasteiger partial charge in [-0.1, -0.05) is 32.0 Å². The Kier molecular flexibility index (Phi) is 8.21. The predicted molar refractivity (Wildman–Crippen MR) is 117 cm³/mol. The molecule has 0 saturated carbocycles. The first kappa shape index (κ1) is 22.4. The molecule has 2 aromatic carbocycles. The molecule has 0 aromatic heterocycles. The molecule has 0 radical (unpaired) electrons. The van der Waals surface area contributed by atoms with E-state index in [1.165, 1.54) is 0 Å². The van der Waals surface area contributed by atoms with Crippen LogP contribution in [0.2, 0.25) is 0 Å². The van der Waals surface area contributed by atoms with Crippen molar-refractivity contribution in [2.45, 2.75) is 39.2 Å². The van der Waals surface area contributed by atoms with Crippen molar-refractivity contribution < 1.29 is 14.3 Å². The van der Waals surface area contributed by atoms with E-state index in [1.807, 2.05) is 24.3 Å². The van der Waals surface area contributed by atoms with Gasteiger partial charge in [-0.3, -0.25) is 14.5 Å². The summed E-state index contributed by atoms with van der Waals surface area (Å²) in [5.74, 6) is 0.760. The van der Waals surface area contributed by atoms with Crippen molar-refractivity contribution in [3.05, 3.63) is 54.1 Å². The van der Waals surface area contributed by atoms with Crippen molar-refractivity contribution >= 4 is 23.2 Å². The number of carbonyl (C=O) groups is 2. The lowest BCUT2D eigenvalue weighted by atomic mass is 9.97. The third kappa shape index (κ3) is 6.32. The van der Waals surface area contributed by atoms with E-state index in [1.54, 1.807) is 50.2 Å². The molecule has 2 aromatic rings. The molecule has 0 bridgehead atoms. The number of hydrogen-bond acceptors (Lipinski definition) is 4. The summed E-state index contributed by atoms with van der Waals surface area (Å²) in [6, 6.07) is 14.5. The number of amides is 2. The monoisotopic (exact) mass is 397 g/mol. The van der Waals surface area contributed by atoms with Gasteiger partial charge in [-0.25, -0.2) is 0 Å². The predicted octanol–water partition coefficient (Wildman–Crippen LogP) is 4.11. The zero-order chi connectivity index (χ0) is 21.4. The topological polar surface area (TPSA) is 70.7 Å². The Hall–Kier alpha value is -2.86. The van der Waals surface area contributed by atoms with E-state index in [2.05, 4.69) is 24.5 Å². The maximum atomic E-state index is 12.7. The summed E-state index contributed by atoms with van der Waals surface area (Å²) in [4.78, 5) is 26.8. The van der Waals surface area contributed by atoms with Gasteiger partial charge in [-0.05, 0) is 62.2 Å². The molecule has 2 N–H and O–H groups in total. The fraction of sp³-hybridized carbons (Fsp3) is 0.391. The molecule has 0 aliphatic carbocycles. The Morgan fingerprint density at radius 3 is 2.31 bits per heavy atom. The Morgan fingerprint density at radius 1 is 1.03 bits per heavy atom. The van der Waals surface area contributed by atoms with Gasteiger partial charge in [0.2, 0.25) is 11.8 Å². The highest BCUT2D eigenvalue weighted by molar-refractivity contribution is 5.96. The van der Waals surface area contributed by atoms with Crippen LogP contribution < -0.4 is 15.4 Å². The number of rotatable bonds is 9. The summed E-state index contributed by atoms with van der Waals surface area (Å²) >= 11 is 0. The van der Waals surface area contributed by atoms with Crippen LogP contribution in [0.5, 0.6) is 5.75 Å². The molecule has 29 heavy (non-hydrogen) atoms. The zero-order valence-corrected chi connectivity index (χ0v) is 17.9. The minimum Gasteiger partial charge on any atom is -0.497 e. The largest absolute Gasteiger partial charge is 0.497 e. The summed E-state index contributed by atoms with van der Waals surface area (Å²) in [5.41, 5.74) is 2.63. The number of nitrogens with one attached hydrogen (secondary N) is 2. The van der Waals surface area contributed by atoms with Crippen molar-refractivity contribution in [2.24, 2.45) is 0 Å². The molecule has 6 heteroatoms. The first-order valence-electron chi connectivity index (χ1n) is 9.89. The molecule has 2 atom stereocenters. The molecule has 0 unspecified atom stereocenters. The number of anilines is 2. The van der Waals surface area contributed by atoms with Gasteiger partial charge in [0.15, 0.2) is 0 Å². The van der Waals surface area contributed by atoms with Crippen LogP contribution in [-0.4, -0.2) is 43.5 Å². The molecule has 0 aliphatic heterocycles. The smallest absolute Gasteiger partial charge is 0.241 e. The van der Waals surface area contributed by atoms with Gasteiger partial charge in [-0.2, -0.15) is 0 Å². The van der Waals surface area contributed by atoms with Crippen LogP contribution in [-0.2, 0) is 9.59 Å². The Labute approximate surface area is 173 Å². The van der Waals surface area contributed by atoms with Crippen LogP contribution in [0, 0.1) is 0 Å². The van der Waals surface area contributed by atoms with Crippen molar-refractivity contribution in [2.75, 3.05) is 31.3 Å². The van der Waals surface area contributed by atoms with Crippen LogP contribution >= 0.6 is 0 Å². The Bertz CT molecular complexity index is 820. The van der Waals surface area contributed by atoms with Crippen molar-refractivity contribution in [3.63, 3.8) is 0 Å². The lowest BCUT2D eigenvalue weighted by Crippen LogP contribution is -2.43. The molecule has 0 heterocycles. The van der Waals surface area contributed by atoms with Gasteiger partial charge >= 0.3 is 0 Å². The second-order valence-electron chi connectivity index (χ2n) is 7.25. The lowest BCUT2D eigenvalue weighted by Gasteiger charge is -2.24. The van der Waals surface area contributed by atoms with Crippen molar-refractivity contribution in [1.82, 2.24) is 4.90 Å². The lowest BCUT2D eigenvalue weighted by molar-refractivity contribution is -0.122. The quantitative estimate of drug-likeness (QED) is 0.668. The fourth-order valence-electron chi connectivity index (χ4n) is 2.94. The SMILES string of the molecule is CC[C@@H](C)c1ccccc1NC(=O)[C@H](C)N(C)CC(=O)Nc1ccc(OC)cc1. The van der Waals surface area contributed by atoms with Crippen LogP contribution in [0.3, 0.4) is 0 Å². The minimum atomic E-state index is -0.457. The average molecular weight is 398 g/mol. The molecule has 2 amide bonds. The Morgan fingerprint density at radius 2 is 1.69 bits per heavy atom. The van der Waals surface area contributed by atoms with Crippen LogP contribution in [0.25, 0.3) is 0 Å². The van der Waals surface area contributed by atoms with E-state index >= 15 is 0 Å². The third-order valence-corrected chi connectivity index (χ3v) is 5.17. The van der Waals surface area contributed by atoms with E-state index < -0.39 is 6.04 Å². The van der Waals surface area contributed by atoms with Crippen molar-refractivity contribution in [1.29, 1.82) is 0 Å². The van der Waals surface area contributed by atoms with Crippen LogP contribution in [0.15, 0.2) is 48.5 Å². The highest BCUT2D eigenvalue weighted by Gasteiger charge is 2.21. The van der Waals surface area contributed by atoms with E-state index in [0.29, 0.717) is 11.6 Å². The second-order valence-corrected chi connectivity index (χ2v) is 7.25. The van der Waals surface area contributed by atoms with E-state index in [9.17, 15) is 9.59 Å². The molecular formula is C23H31N3O3. The van der Waals surface area contributed by atoms with E-state index in [0.717, 1.165) is 23.4 Å². The van der Waals surface area contributed by atoms with Gasteiger partial charge in [0.1, 0.15) is 5.75 Å².